The van der Waals surface area contributed by atoms with Crippen LogP contribution in [0.3, 0.4) is 0 Å². The number of aromatic amines is 1. The van der Waals surface area contributed by atoms with Gasteiger partial charge in [-0.3, -0.25) is 9.69 Å². The maximum Gasteiger partial charge on any atom is 0.253 e. The predicted octanol–water partition coefficient (Wildman–Crippen LogP) is 3.99. The molecule has 6 rings (SSSR count). The van der Waals surface area contributed by atoms with Gasteiger partial charge in [0, 0.05) is 42.9 Å². The van der Waals surface area contributed by atoms with Crippen molar-refractivity contribution in [2.75, 3.05) is 31.1 Å². The number of anilines is 1. The van der Waals surface area contributed by atoms with E-state index in [4.69, 9.17) is 0 Å². The molecule has 9 heteroatoms. The molecule has 1 atom stereocenters. The Balaban J connectivity index is 1.38. The molecule has 0 radical (unpaired) electrons. The van der Waals surface area contributed by atoms with Gasteiger partial charge in [-0.15, -0.1) is 5.10 Å². The minimum atomic E-state index is -0.357. The number of hydrogen-bond acceptors (Lipinski definition) is 6. The number of hydrogen-bond donors (Lipinski definition) is 1. The van der Waals surface area contributed by atoms with Crippen LogP contribution in [0.25, 0.3) is 10.9 Å². The minimum absolute atomic E-state index is 0.113. The lowest BCUT2D eigenvalue weighted by molar-refractivity contribution is 0.197. The van der Waals surface area contributed by atoms with Crippen LogP contribution in [0.15, 0.2) is 53.3 Å². The van der Waals surface area contributed by atoms with E-state index in [9.17, 15) is 9.18 Å². The lowest BCUT2D eigenvalue weighted by Gasteiger charge is -2.39. The fourth-order valence-corrected chi connectivity index (χ4v) is 5.72. The SMILES string of the molecule is Cc1ccc2[nH]c(=O)c([C@H](c3nnnn3C3CCCC3)N3CCN(c4ccc(F)cc4)CC3)cc2c1. The fourth-order valence-electron chi connectivity index (χ4n) is 5.72. The second kappa shape index (κ2) is 9.46. The van der Waals surface area contributed by atoms with Crippen LogP contribution in [0.2, 0.25) is 0 Å². The number of benzene rings is 2. The first-order valence-corrected chi connectivity index (χ1v) is 12.7. The summed E-state index contributed by atoms with van der Waals surface area (Å²) in [5, 5.41) is 13.9. The van der Waals surface area contributed by atoms with Crippen molar-refractivity contribution < 1.29 is 4.39 Å². The molecule has 0 bridgehead atoms. The molecule has 1 saturated carbocycles. The van der Waals surface area contributed by atoms with Crippen molar-refractivity contribution in [3.05, 3.63) is 81.7 Å². The lowest BCUT2D eigenvalue weighted by Crippen LogP contribution is -2.49. The van der Waals surface area contributed by atoms with Crippen molar-refractivity contribution in [2.24, 2.45) is 0 Å². The third-order valence-electron chi connectivity index (χ3n) is 7.63. The van der Waals surface area contributed by atoms with Gasteiger partial charge in [0.25, 0.3) is 5.56 Å². The van der Waals surface area contributed by atoms with Gasteiger partial charge in [0.2, 0.25) is 0 Å². The molecule has 0 unspecified atom stereocenters. The van der Waals surface area contributed by atoms with E-state index in [1.807, 2.05) is 35.0 Å². The highest BCUT2D eigenvalue weighted by atomic mass is 19.1. The standard InChI is InChI=1S/C27H30FN7O/c1-18-6-11-24-19(16-18)17-23(27(36)29-24)25(26-30-31-32-35(26)22-4-2-3-5-22)34-14-12-33(13-15-34)21-9-7-20(28)8-10-21/h6-11,16-17,22,25H,2-5,12-15H2,1H3,(H,29,36)/t25-/m1/s1. The van der Waals surface area contributed by atoms with Gasteiger partial charge in [-0.25, -0.2) is 9.07 Å². The highest BCUT2D eigenvalue weighted by Gasteiger charge is 2.34. The van der Waals surface area contributed by atoms with Gasteiger partial charge in [0.15, 0.2) is 5.82 Å². The number of tetrazole rings is 1. The van der Waals surface area contributed by atoms with Crippen molar-refractivity contribution in [1.82, 2.24) is 30.1 Å². The number of H-pyrrole nitrogens is 1. The van der Waals surface area contributed by atoms with Gasteiger partial charge in [0.1, 0.15) is 11.9 Å². The molecule has 8 nitrogen and oxygen atoms in total. The van der Waals surface area contributed by atoms with Crippen LogP contribution in [-0.4, -0.2) is 56.3 Å². The highest BCUT2D eigenvalue weighted by Crippen LogP contribution is 2.34. The number of piperazine rings is 1. The van der Waals surface area contributed by atoms with E-state index in [1.54, 1.807) is 0 Å². The van der Waals surface area contributed by atoms with Gasteiger partial charge in [-0.05, 0) is 78.0 Å². The van der Waals surface area contributed by atoms with Crippen molar-refractivity contribution in [3.8, 4) is 0 Å². The molecule has 2 aliphatic rings. The van der Waals surface area contributed by atoms with E-state index in [0.29, 0.717) is 5.56 Å². The molecule has 36 heavy (non-hydrogen) atoms. The number of rotatable bonds is 5. The van der Waals surface area contributed by atoms with Crippen molar-refractivity contribution in [3.63, 3.8) is 0 Å². The molecule has 2 fully saturated rings. The Hall–Kier alpha value is -3.59. The first-order chi connectivity index (χ1) is 17.6. The molecule has 186 valence electrons. The first-order valence-electron chi connectivity index (χ1n) is 12.7. The molecule has 2 aromatic heterocycles. The molecule has 3 heterocycles. The van der Waals surface area contributed by atoms with E-state index in [1.165, 1.54) is 25.0 Å². The molecule has 2 aromatic carbocycles. The number of pyridine rings is 1. The average molecular weight is 488 g/mol. The number of aryl methyl sites for hydroxylation is 1. The molecule has 1 aliphatic carbocycles. The largest absolute Gasteiger partial charge is 0.369 e. The molecular weight excluding hydrogens is 457 g/mol. The second-order valence-electron chi connectivity index (χ2n) is 9.97. The number of fused-ring (bicyclic) bond motifs is 1. The topological polar surface area (TPSA) is 82.9 Å². The van der Waals surface area contributed by atoms with Crippen LogP contribution in [0, 0.1) is 12.7 Å². The fraction of sp³-hybridized carbons (Fsp3) is 0.407. The highest BCUT2D eigenvalue weighted by molar-refractivity contribution is 5.79. The number of halogens is 1. The average Bonchev–Trinajstić information content (AvgIpc) is 3.58. The normalized spacial score (nSPS) is 18.2. The molecular formula is C27H30FN7O. The van der Waals surface area contributed by atoms with Crippen LogP contribution in [0.4, 0.5) is 10.1 Å². The maximum atomic E-state index is 13.4. The summed E-state index contributed by atoms with van der Waals surface area (Å²) in [4.78, 5) is 21.1. The third kappa shape index (κ3) is 4.28. The van der Waals surface area contributed by atoms with E-state index < -0.39 is 0 Å². The molecule has 0 amide bonds. The number of nitrogens with zero attached hydrogens (tertiary/aromatic N) is 6. The van der Waals surface area contributed by atoms with E-state index in [2.05, 4.69) is 43.3 Å². The Kier molecular flexibility index (Phi) is 6.00. The zero-order valence-corrected chi connectivity index (χ0v) is 20.4. The number of aromatic nitrogens is 5. The minimum Gasteiger partial charge on any atom is -0.369 e. The summed E-state index contributed by atoms with van der Waals surface area (Å²) in [7, 11) is 0. The Labute approximate surface area is 208 Å². The van der Waals surface area contributed by atoms with E-state index >= 15 is 0 Å². The molecule has 1 N–H and O–H groups in total. The predicted molar refractivity (Wildman–Crippen MR) is 137 cm³/mol. The Morgan fingerprint density at radius 3 is 2.50 bits per heavy atom. The number of nitrogens with one attached hydrogen (secondary N) is 1. The summed E-state index contributed by atoms with van der Waals surface area (Å²) in [5.74, 6) is 0.497. The second-order valence-corrected chi connectivity index (χ2v) is 9.97. The smallest absolute Gasteiger partial charge is 0.253 e. The summed E-state index contributed by atoms with van der Waals surface area (Å²) in [6.07, 6.45) is 4.44. The van der Waals surface area contributed by atoms with Gasteiger partial charge in [-0.1, -0.05) is 24.5 Å². The monoisotopic (exact) mass is 487 g/mol. The lowest BCUT2D eigenvalue weighted by atomic mass is 10.0. The van der Waals surface area contributed by atoms with Crippen LogP contribution in [-0.2, 0) is 0 Å². The van der Waals surface area contributed by atoms with Gasteiger partial charge in [-0.2, -0.15) is 0 Å². The summed E-state index contributed by atoms with van der Waals surface area (Å²) in [5.41, 5.74) is 3.52. The quantitative estimate of drug-likeness (QED) is 0.458. The Morgan fingerprint density at radius 1 is 1.00 bits per heavy atom. The van der Waals surface area contributed by atoms with Crippen molar-refractivity contribution in [1.29, 1.82) is 0 Å². The summed E-state index contributed by atoms with van der Waals surface area (Å²) in [6.45, 7) is 5.03. The third-order valence-corrected chi connectivity index (χ3v) is 7.63. The van der Waals surface area contributed by atoms with Crippen LogP contribution >= 0.6 is 0 Å². The molecule has 0 spiro atoms. The summed E-state index contributed by atoms with van der Waals surface area (Å²) >= 11 is 0. The summed E-state index contributed by atoms with van der Waals surface area (Å²) in [6, 6.07) is 14.6. The van der Waals surface area contributed by atoms with Gasteiger partial charge < -0.3 is 9.88 Å². The first kappa shape index (κ1) is 22.8. The molecule has 1 aliphatic heterocycles. The van der Waals surface area contributed by atoms with E-state index in [-0.39, 0.29) is 23.5 Å². The molecule has 1 saturated heterocycles. The summed E-state index contributed by atoms with van der Waals surface area (Å²) < 4.78 is 15.4. The Bertz CT molecular complexity index is 1420. The van der Waals surface area contributed by atoms with Crippen LogP contribution in [0.5, 0.6) is 0 Å². The maximum absolute atomic E-state index is 13.4. The van der Waals surface area contributed by atoms with Crippen LogP contribution < -0.4 is 10.5 Å². The zero-order chi connectivity index (χ0) is 24.6. The zero-order valence-electron chi connectivity index (χ0n) is 20.4. The van der Waals surface area contributed by atoms with E-state index in [0.717, 1.165) is 67.0 Å². The van der Waals surface area contributed by atoms with Gasteiger partial charge in [0.05, 0.1) is 6.04 Å². The van der Waals surface area contributed by atoms with Gasteiger partial charge >= 0.3 is 0 Å². The Morgan fingerprint density at radius 2 is 1.75 bits per heavy atom. The van der Waals surface area contributed by atoms with Crippen molar-refractivity contribution in [2.45, 2.75) is 44.7 Å². The molecule has 4 aromatic rings. The van der Waals surface area contributed by atoms with Crippen molar-refractivity contribution >= 4 is 16.6 Å². The van der Waals surface area contributed by atoms with Crippen LogP contribution in [0.1, 0.15) is 54.7 Å².